The molecule has 0 aliphatic rings. The van der Waals surface area contributed by atoms with Gasteiger partial charge in [0.25, 0.3) is 5.97 Å². The van der Waals surface area contributed by atoms with Crippen molar-refractivity contribution in [2.24, 2.45) is 0 Å². The van der Waals surface area contributed by atoms with Crippen molar-refractivity contribution in [2.75, 3.05) is 0 Å². The molecule has 0 bridgehead atoms. The Hall–Kier alpha value is -1.09. The van der Waals surface area contributed by atoms with Crippen LogP contribution in [0.4, 0.5) is 0 Å². The smallest absolute Gasteiger partial charge is 0.300 e. The van der Waals surface area contributed by atoms with Crippen LogP contribution in [0.1, 0.15) is 40.5 Å². The van der Waals surface area contributed by atoms with Crippen molar-refractivity contribution in [3.05, 3.63) is 24.3 Å². The van der Waals surface area contributed by atoms with Gasteiger partial charge in [-0.25, -0.2) is 0 Å². The molecule has 0 spiro atoms. The van der Waals surface area contributed by atoms with Crippen molar-refractivity contribution in [2.45, 2.75) is 46.1 Å². The van der Waals surface area contributed by atoms with Gasteiger partial charge in [0.1, 0.15) is 0 Å². The summed E-state index contributed by atoms with van der Waals surface area (Å²) in [6.07, 6.45) is 5.74. The van der Waals surface area contributed by atoms with E-state index in [1.54, 1.807) is 0 Å². The Morgan fingerprint density at radius 2 is 1.80 bits per heavy atom. The average Bonchev–Trinajstić information content (AvgIpc) is 1.95. The molecule has 0 saturated carbocycles. The SMILES string of the molecule is C=C(C)C=CCCC(C)(C)O.CC(=O)O. The summed E-state index contributed by atoms with van der Waals surface area (Å²) in [5, 5.41) is 16.7. The molecule has 0 saturated heterocycles. The van der Waals surface area contributed by atoms with Crippen LogP contribution in [0.5, 0.6) is 0 Å². The highest BCUT2D eigenvalue weighted by atomic mass is 16.4. The molecule has 88 valence electrons. The van der Waals surface area contributed by atoms with Crippen LogP contribution in [0.25, 0.3) is 0 Å². The summed E-state index contributed by atoms with van der Waals surface area (Å²) in [6, 6.07) is 0. The Morgan fingerprint density at radius 1 is 1.40 bits per heavy atom. The third kappa shape index (κ3) is 32.2. The third-order valence-electron chi connectivity index (χ3n) is 1.33. The standard InChI is InChI=1S/C10H18O.C2H4O2/c1-9(2)7-5-6-8-10(3,4)11;1-2(3)4/h5,7,11H,1,6,8H2,2-4H3;1H3,(H,3,4). The Morgan fingerprint density at radius 3 is 2.07 bits per heavy atom. The topological polar surface area (TPSA) is 57.5 Å². The number of aliphatic carboxylic acids is 1. The lowest BCUT2D eigenvalue weighted by Gasteiger charge is -2.14. The Bertz CT molecular complexity index is 218. The first kappa shape index (κ1) is 16.3. The van der Waals surface area contributed by atoms with E-state index in [0.717, 1.165) is 25.3 Å². The zero-order chi connectivity index (χ0) is 12.5. The van der Waals surface area contributed by atoms with E-state index >= 15 is 0 Å². The first-order valence-corrected chi connectivity index (χ1v) is 4.89. The van der Waals surface area contributed by atoms with Gasteiger partial charge >= 0.3 is 0 Å². The van der Waals surface area contributed by atoms with Gasteiger partial charge < -0.3 is 10.2 Å². The van der Waals surface area contributed by atoms with E-state index in [1.165, 1.54) is 0 Å². The summed E-state index contributed by atoms with van der Waals surface area (Å²) in [5.41, 5.74) is 0.514. The van der Waals surface area contributed by atoms with E-state index in [2.05, 4.69) is 6.58 Å². The van der Waals surface area contributed by atoms with Crippen molar-refractivity contribution in [1.29, 1.82) is 0 Å². The van der Waals surface area contributed by atoms with Gasteiger partial charge in [-0.3, -0.25) is 4.79 Å². The van der Waals surface area contributed by atoms with Gasteiger partial charge in [0.15, 0.2) is 0 Å². The summed E-state index contributed by atoms with van der Waals surface area (Å²) in [4.78, 5) is 9.00. The number of aliphatic hydroxyl groups is 1. The molecule has 0 heterocycles. The van der Waals surface area contributed by atoms with Crippen molar-refractivity contribution < 1.29 is 15.0 Å². The van der Waals surface area contributed by atoms with E-state index in [9.17, 15) is 5.11 Å². The van der Waals surface area contributed by atoms with Crippen molar-refractivity contribution >= 4 is 5.97 Å². The number of hydrogen-bond donors (Lipinski definition) is 2. The first-order chi connectivity index (χ1) is 6.65. The molecule has 0 aliphatic heterocycles. The van der Waals surface area contributed by atoms with Gasteiger partial charge in [-0.15, -0.1) is 0 Å². The fourth-order valence-corrected chi connectivity index (χ4v) is 0.721. The van der Waals surface area contributed by atoms with Crippen molar-refractivity contribution in [3.63, 3.8) is 0 Å². The monoisotopic (exact) mass is 214 g/mol. The molecule has 15 heavy (non-hydrogen) atoms. The second-order valence-corrected chi connectivity index (χ2v) is 4.12. The van der Waals surface area contributed by atoms with Crippen molar-refractivity contribution in [1.82, 2.24) is 0 Å². The lowest BCUT2D eigenvalue weighted by molar-refractivity contribution is -0.134. The van der Waals surface area contributed by atoms with Crippen LogP contribution in [-0.2, 0) is 4.79 Å². The van der Waals surface area contributed by atoms with Crippen LogP contribution >= 0.6 is 0 Å². The first-order valence-electron chi connectivity index (χ1n) is 4.89. The fraction of sp³-hybridized carbons (Fsp3) is 0.583. The molecule has 0 rings (SSSR count). The molecule has 0 aromatic rings. The number of hydrogen-bond acceptors (Lipinski definition) is 2. The highest BCUT2D eigenvalue weighted by molar-refractivity contribution is 5.62. The van der Waals surface area contributed by atoms with E-state index in [4.69, 9.17) is 9.90 Å². The minimum atomic E-state index is -0.833. The van der Waals surface area contributed by atoms with Gasteiger partial charge in [0.2, 0.25) is 0 Å². The van der Waals surface area contributed by atoms with Crippen LogP contribution in [0.15, 0.2) is 24.3 Å². The average molecular weight is 214 g/mol. The van der Waals surface area contributed by atoms with Gasteiger partial charge in [0, 0.05) is 6.92 Å². The molecule has 0 fully saturated rings. The Kier molecular flexibility index (Phi) is 8.98. The molecular weight excluding hydrogens is 192 g/mol. The van der Waals surface area contributed by atoms with Crippen LogP contribution in [0.3, 0.4) is 0 Å². The highest BCUT2D eigenvalue weighted by Crippen LogP contribution is 2.10. The molecule has 0 aromatic heterocycles. The minimum Gasteiger partial charge on any atom is -0.481 e. The van der Waals surface area contributed by atoms with E-state index < -0.39 is 11.6 Å². The Labute approximate surface area is 92.1 Å². The van der Waals surface area contributed by atoms with Gasteiger partial charge in [-0.2, -0.15) is 0 Å². The van der Waals surface area contributed by atoms with Crippen molar-refractivity contribution in [3.8, 4) is 0 Å². The quantitative estimate of drug-likeness (QED) is 0.707. The lowest BCUT2D eigenvalue weighted by atomic mass is 10.0. The predicted octanol–water partition coefficient (Wildman–Crippen LogP) is 2.76. The van der Waals surface area contributed by atoms with Gasteiger partial charge in [0.05, 0.1) is 5.60 Å². The number of allylic oxidation sites excluding steroid dienone is 3. The van der Waals surface area contributed by atoms with Crippen LogP contribution in [0, 0.1) is 0 Å². The predicted molar refractivity (Wildman–Crippen MR) is 62.8 cm³/mol. The fourth-order valence-electron chi connectivity index (χ4n) is 0.721. The number of carboxylic acids is 1. The minimum absolute atomic E-state index is 0.542. The zero-order valence-corrected chi connectivity index (χ0v) is 10.1. The van der Waals surface area contributed by atoms with Gasteiger partial charge in [-0.05, 0) is 33.6 Å². The van der Waals surface area contributed by atoms with Crippen LogP contribution < -0.4 is 0 Å². The molecule has 0 atom stereocenters. The highest BCUT2D eigenvalue weighted by Gasteiger charge is 2.09. The summed E-state index contributed by atoms with van der Waals surface area (Å²) >= 11 is 0. The molecule has 0 aliphatic carbocycles. The van der Waals surface area contributed by atoms with E-state index in [1.807, 2.05) is 32.9 Å². The summed E-state index contributed by atoms with van der Waals surface area (Å²) in [7, 11) is 0. The summed E-state index contributed by atoms with van der Waals surface area (Å²) in [5.74, 6) is -0.833. The molecule has 0 aromatic carbocycles. The Balaban J connectivity index is 0. The summed E-state index contributed by atoms with van der Waals surface area (Å²) in [6.45, 7) is 10.4. The zero-order valence-electron chi connectivity index (χ0n) is 10.1. The lowest BCUT2D eigenvalue weighted by Crippen LogP contribution is -2.17. The molecule has 0 radical (unpaired) electrons. The normalized spacial score (nSPS) is 10.7. The molecule has 0 unspecified atom stereocenters. The van der Waals surface area contributed by atoms with E-state index in [-0.39, 0.29) is 0 Å². The maximum atomic E-state index is 9.33. The number of rotatable bonds is 4. The molecule has 2 N–H and O–H groups in total. The number of carbonyl (C=O) groups is 1. The maximum Gasteiger partial charge on any atom is 0.300 e. The molecule has 3 nitrogen and oxygen atoms in total. The molecular formula is C12H22O3. The second kappa shape index (κ2) is 8.24. The van der Waals surface area contributed by atoms with Crippen LogP contribution in [0.2, 0.25) is 0 Å². The number of carboxylic acid groups (broad SMARTS) is 1. The maximum absolute atomic E-state index is 9.33. The van der Waals surface area contributed by atoms with E-state index in [0.29, 0.717) is 0 Å². The second-order valence-electron chi connectivity index (χ2n) is 4.12. The third-order valence-corrected chi connectivity index (χ3v) is 1.33. The molecule has 0 amide bonds. The van der Waals surface area contributed by atoms with Gasteiger partial charge in [-0.1, -0.05) is 24.3 Å². The summed E-state index contributed by atoms with van der Waals surface area (Å²) < 4.78 is 0. The van der Waals surface area contributed by atoms with Crippen LogP contribution in [-0.4, -0.2) is 21.8 Å². The molecule has 3 heteroatoms. The largest absolute Gasteiger partial charge is 0.481 e.